The van der Waals surface area contributed by atoms with Crippen molar-refractivity contribution < 1.29 is 13.2 Å². The standard InChI is InChI=1S/C18H24N4O3S2/c1-13-6-8-16(9-7-13)27(24,25)22-12-4-3-5-15(22)10-11-19-18(23)17-14(2)20-21-26-17/h6-9,15H,3-5,10-12H2,1-2H3,(H,19,23)/t15-/m1/s1. The van der Waals surface area contributed by atoms with Crippen molar-refractivity contribution in [3.8, 4) is 0 Å². The van der Waals surface area contributed by atoms with Crippen LogP contribution in [-0.2, 0) is 10.0 Å². The molecule has 1 atom stereocenters. The zero-order valence-corrected chi connectivity index (χ0v) is 17.1. The topological polar surface area (TPSA) is 92.3 Å². The van der Waals surface area contributed by atoms with Gasteiger partial charge in [0.25, 0.3) is 5.91 Å². The molecule has 1 aliphatic rings. The smallest absolute Gasteiger partial charge is 0.264 e. The van der Waals surface area contributed by atoms with Gasteiger partial charge in [0.15, 0.2) is 0 Å². The van der Waals surface area contributed by atoms with Crippen LogP contribution in [0, 0.1) is 13.8 Å². The average molecular weight is 409 g/mol. The van der Waals surface area contributed by atoms with E-state index in [0.29, 0.717) is 35.0 Å². The summed E-state index contributed by atoms with van der Waals surface area (Å²) < 4.78 is 31.5. The zero-order valence-electron chi connectivity index (χ0n) is 15.5. The highest BCUT2D eigenvalue weighted by atomic mass is 32.2. The van der Waals surface area contributed by atoms with Crippen LogP contribution in [0.15, 0.2) is 29.2 Å². The highest BCUT2D eigenvalue weighted by Crippen LogP contribution is 2.27. The summed E-state index contributed by atoms with van der Waals surface area (Å²) in [6.07, 6.45) is 3.25. The molecule has 0 spiro atoms. The van der Waals surface area contributed by atoms with E-state index < -0.39 is 10.0 Å². The van der Waals surface area contributed by atoms with Gasteiger partial charge < -0.3 is 5.32 Å². The Morgan fingerprint density at radius 2 is 2.00 bits per heavy atom. The summed E-state index contributed by atoms with van der Waals surface area (Å²) >= 11 is 1.07. The molecule has 1 amide bonds. The third-order valence-corrected chi connectivity index (χ3v) is 7.61. The van der Waals surface area contributed by atoms with E-state index in [-0.39, 0.29) is 11.9 Å². The summed E-state index contributed by atoms with van der Waals surface area (Å²) in [5, 5.41) is 6.70. The van der Waals surface area contributed by atoms with Gasteiger partial charge in [0.2, 0.25) is 10.0 Å². The van der Waals surface area contributed by atoms with E-state index in [0.717, 1.165) is 36.4 Å². The van der Waals surface area contributed by atoms with Crippen molar-refractivity contribution in [1.29, 1.82) is 0 Å². The summed E-state index contributed by atoms with van der Waals surface area (Å²) in [5.41, 5.74) is 1.64. The normalized spacial score (nSPS) is 18.4. The van der Waals surface area contributed by atoms with Gasteiger partial charge in [-0.2, -0.15) is 4.31 Å². The first-order chi connectivity index (χ1) is 12.9. The molecule has 27 heavy (non-hydrogen) atoms. The summed E-state index contributed by atoms with van der Waals surface area (Å²) in [6.45, 7) is 4.62. The van der Waals surface area contributed by atoms with Gasteiger partial charge in [0.1, 0.15) is 4.88 Å². The zero-order chi connectivity index (χ0) is 19.4. The number of sulfonamides is 1. The Bertz CT molecular complexity index is 894. The van der Waals surface area contributed by atoms with Gasteiger partial charge in [0, 0.05) is 19.1 Å². The minimum atomic E-state index is -3.53. The van der Waals surface area contributed by atoms with Gasteiger partial charge >= 0.3 is 0 Å². The summed E-state index contributed by atoms with van der Waals surface area (Å²) in [4.78, 5) is 13.0. The monoisotopic (exact) mass is 408 g/mol. The van der Waals surface area contributed by atoms with E-state index in [9.17, 15) is 13.2 Å². The number of carbonyl (C=O) groups is 1. The Labute approximate surface area is 164 Å². The largest absolute Gasteiger partial charge is 0.351 e. The van der Waals surface area contributed by atoms with Gasteiger partial charge in [0.05, 0.1) is 10.6 Å². The van der Waals surface area contributed by atoms with Crippen molar-refractivity contribution in [3.63, 3.8) is 0 Å². The van der Waals surface area contributed by atoms with Gasteiger partial charge in [-0.3, -0.25) is 4.79 Å². The maximum absolute atomic E-state index is 13.1. The molecule has 0 aliphatic carbocycles. The molecule has 1 aromatic carbocycles. The van der Waals surface area contributed by atoms with Crippen molar-refractivity contribution in [1.82, 2.24) is 19.2 Å². The van der Waals surface area contributed by atoms with Crippen LogP contribution in [-0.4, -0.2) is 47.3 Å². The molecule has 3 rings (SSSR count). The number of hydrogen-bond donors (Lipinski definition) is 1. The van der Waals surface area contributed by atoms with Crippen molar-refractivity contribution in [3.05, 3.63) is 40.4 Å². The fraction of sp³-hybridized carbons (Fsp3) is 0.500. The number of benzene rings is 1. The molecular weight excluding hydrogens is 384 g/mol. The first kappa shape index (κ1) is 19.9. The van der Waals surface area contributed by atoms with Crippen LogP contribution in [0.1, 0.15) is 46.6 Å². The molecule has 0 saturated carbocycles. The fourth-order valence-electron chi connectivity index (χ4n) is 3.30. The minimum Gasteiger partial charge on any atom is -0.351 e. The van der Waals surface area contributed by atoms with Crippen molar-refractivity contribution >= 4 is 27.5 Å². The number of nitrogens with zero attached hydrogens (tertiary/aromatic N) is 3. The van der Waals surface area contributed by atoms with Crippen LogP contribution in [0.3, 0.4) is 0 Å². The lowest BCUT2D eigenvalue weighted by Gasteiger charge is -2.34. The van der Waals surface area contributed by atoms with E-state index in [1.54, 1.807) is 23.4 Å². The molecule has 1 saturated heterocycles. The molecule has 146 valence electrons. The first-order valence-corrected chi connectivity index (χ1v) is 11.3. The van der Waals surface area contributed by atoms with Crippen LogP contribution in [0.25, 0.3) is 0 Å². The number of nitrogens with one attached hydrogen (secondary N) is 1. The van der Waals surface area contributed by atoms with E-state index in [2.05, 4.69) is 14.9 Å². The third-order valence-electron chi connectivity index (χ3n) is 4.82. The van der Waals surface area contributed by atoms with Crippen molar-refractivity contribution in [2.24, 2.45) is 0 Å². The predicted octanol–water partition coefficient (Wildman–Crippen LogP) is 2.52. The Kier molecular flexibility index (Phi) is 6.23. The molecule has 1 aliphatic heterocycles. The Morgan fingerprint density at radius 3 is 2.67 bits per heavy atom. The molecule has 1 aromatic heterocycles. The second-order valence-corrected chi connectivity index (χ2v) is 9.46. The van der Waals surface area contributed by atoms with Gasteiger partial charge in [-0.05, 0) is 56.8 Å². The second-order valence-electron chi connectivity index (χ2n) is 6.81. The second kappa shape index (κ2) is 8.45. The van der Waals surface area contributed by atoms with Crippen molar-refractivity contribution in [2.45, 2.75) is 50.5 Å². The van der Waals surface area contributed by atoms with E-state index >= 15 is 0 Å². The van der Waals surface area contributed by atoms with Crippen LogP contribution >= 0.6 is 11.5 Å². The summed E-state index contributed by atoms with van der Waals surface area (Å²) in [5.74, 6) is -0.203. The Balaban J connectivity index is 1.66. The molecule has 2 aromatic rings. The quantitative estimate of drug-likeness (QED) is 0.793. The number of aromatic nitrogens is 2. The SMILES string of the molecule is Cc1ccc(S(=O)(=O)N2CCCC[C@@H]2CCNC(=O)c2snnc2C)cc1. The highest BCUT2D eigenvalue weighted by Gasteiger charge is 2.33. The van der Waals surface area contributed by atoms with Crippen LogP contribution in [0.2, 0.25) is 0 Å². The lowest BCUT2D eigenvalue weighted by Crippen LogP contribution is -2.45. The molecule has 0 bridgehead atoms. The third kappa shape index (κ3) is 4.53. The number of rotatable bonds is 6. The summed E-state index contributed by atoms with van der Waals surface area (Å²) in [6, 6.07) is 6.86. The molecule has 1 fully saturated rings. The lowest BCUT2D eigenvalue weighted by molar-refractivity contribution is 0.0953. The van der Waals surface area contributed by atoms with E-state index in [4.69, 9.17) is 0 Å². The first-order valence-electron chi connectivity index (χ1n) is 9.05. The molecule has 1 N–H and O–H groups in total. The van der Waals surface area contributed by atoms with Gasteiger partial charge in [-0.15, -0.1) is 5.10 Å². The lowest BCUT2D eigenvalue weighted by atomic mass is 10.0. The molecule has 7 nitrogen and oxygen atoms in total. The van der Waals surface area contributed by atoms with Crippen LogP contribution in [0.4, 0.5) is 0 Å². The molecule has 0 unspecified atom stereocenters. The number of amides is 1. The predicted molar refractivity (Wildman–Crippen MR) is 104 cm³/mol. The molecule has 0 radical (unpaired) electrons. The average Bonchev–Trinajstić information content (AvgIpc) is 3.08. The maximum Gasteiger partial charge on any atom is 0.264 e. The fourth-order valence-corrected chi connectivity index (χ4v) is 5.59. The van der Waals surface area contributed by atoms with E-state index in [1.165, 1.54) is 0 Å². The van der Waals surface area contributed by atoms with Gasteiger partial charge in [-0.1, -0.05) is 28.6 Å². The molecule has 9 heteroatoms. The van der Waals surface area contributed by atoms with Crippen LogP contribution in [0.5, 0.6) is 0 Å². The molecular formula is C18H24N4O3S2. The number of hydrogen-bond acceptors (Lipinski definition) is 6. The number of piperidine rings is 1. The minimum absolute atomic E-state index is 0.106. The van der Waals surface area contributed by atoms with Crippen molar-refractivity contribution in [2.75, 3.05) is 13.1 Å². The molecule has 2 heterocycles. The van der Waals surface area contributed by atoms with Gasteiger partial charge in [-0.25, -0.2) is 8.42 Å². The summed E-state index contributed by atoms with van der Waals surface area (Å²) in [7, 11) is -3.53. The number of aryl methyl sites for hydroxylation is 2. The Morgan fingerprint density at radius 1 is 1.26 bits per heavy atom. The maximum atomic E-state index is 13.1. The number of carbonyl (C=O) groups excluding carboxylic acids is 1. The Hall–Kier alpha value is -1.84. The van der Waals surface area contributed by atoms with Crippen LogP contribution < -0.4 is 5.32 Å². The highest BCUT2D eigenvalue weighted by molar-refractivity contribution is 7.89. The van der Waals surface area contributed by atoms with E-state index in [1.807, 2.05) is 19.1 Å².